The molecule has 180 valence electrons. The van der Waals surface area contributed by atoms with E-state index in [1.165, 1.54) is 4.90 Å². The van der Waals surface area contributed by atoms with Gasteiger partial charge in [-0.05, 0) is 47.4 Å². The lowest BCUT2D eigenvalue weighted by atomic mass is 9.85. The number of carboxylic acid groups (broad SMARTS) is 1. The SMILES string of the molecule is CC1CC(C)C(C(=O)O)N(C(=O)C[C@@H](C)NC(=O)OCC2c3ccccc3-c3ccccc32)C1. The van der Waals surface area contributed by atoms with E-state index in [1.807, 2.05) is 38.1 Å². The van der Waals surface area contributed by atoms with E-state index in [9.17, 15) is 19.5 Å². The van der Waals surface area contributed by atoms with Gasteiger partial charge in [0, 0.05) is 24.9 Å². The van der Waals surface area contributed by atoms with Gasteiger partial charge in [0.1, 0.15) is 12.6 Å². The minimum atomic E-state index is -0.982. The molecule has 3 unspecified atom stereocenters. The number of benzene rings is 2. The maximum atomic E-state index is 12.9. The van der Waals surface area contributed by atoms with Gasteiger partial charge in [-0.1, -0.05) is 62.4 Å². The number of fused-ring (bicyclic) bond motifs is 3. The summed E-state index contributed by atoms with van der Waals surface area (Å²) >= 11 is 0. The van der Waals surface area contributed by atoms with Crippen molar-refractivity contribution in [1.29, 1.82) is 0 Å². The van der Waals surface area contributed by atoms with Crippen molar-refractivity contribution in [2.24, 2.45) is 11.8 Å². The number of carboxylic acids is 1. The van der Waals surface area contributed by atoms with Crippen LogP contribution in [0.1, 0.15) is 50.7 Å². The summed E-state index contributed by atoms with van der Waals surface area (Å²) < 4.78 is 5.56. The zero-order valence-corrected chi connectivity index (χ0v) is 19.9. The Balaban J connectivity index is 1.34. The molecule has 0 aromatic heterocycles. The fourth-order valence-electron chi connectivity index (χ4n) is 5.50. The second-order valence-electron chi connectivity index (χ2n) is 9.72. The van der Waals surface area contributed by atoms with Crippen LogP contribution in [0.3, 0.4) is 0 Å². The molecule has 7 nitrogen and oxygen atoms in total. The summed E-state index contributed by atoms with van der Waals surface area (Å²) in [5.74, 6) is -1.17. The number of rotatable bonds is 6. The number of ether oxygens (including phenoxy) is 1. The molecule has 1 heterocycles. The van der Waals surface area contributed by atoms with Crippen LogP contribution < -0.4 is 5.32 Å². The van der Waals surface area contributed by atoms with E-state index in [4.69, 9.17) is 4.74 Å². The Labute approximate surface area is 200 Å². The summed E-state index contributed by atoms with van der Waals surface area (Å²) in [6.45, 7) is 6.23. The van der Waals surface area contributed by atoms with Crippen molar-refractivity contribution >= 4 is 18.0 Å². The van der Waals surface area contributed by atoms with E-state index in [0.717, 1.165) is 28.7 Å². The Morgan fingerprint density at radius 1 is 1.06 bits per heavy atom. The van der Waals surface area contributed by atoms with Crippen molar-refractivity contribution in [1.82, 2.24) is 10.2 Å². The Hall–Kier alpha value is -3.35. The maximum Gasteiger partial charge on any atom is 0.407 e. The first-order valence-electron chi connectivity index (χ1n) is 11.9. The third kappa shape index (κ3) is 4.79. The van der Waals surface area contributed by atoms with Crippen molar-refractivity contribution in [3.05, 3.63) is 59.7 Å². The molecule has 1 saturated heterocycles. The van der Waals surface area contributed by atoms with E-state index >= 15 is 0 Å². The highest BCUT2D eigenvalue weighted by Gasteiger charge is 2.39. The molecule has 0 saturated carbocycles. The van der Waals surface area contributed by atoms with Crippen LogP contribution in [-0.4, -0.2) is 53.2 Å². The first-order chi connectivity index (χ1) is 16.3. The van der Waals surface area contributed by atoms with E-state index in [2.05, 4.69) is 29.6 Å². The predicted octanol–water partition coefficient (Wildman–Crippen LogP) is 4.26. The zero-order valence-electron chi connectivity index (χ0n) is 19.9. The molecule has 0 spiro atoms. The van der Waals surface area contributed by atoms with Gasteiger partial charge < -0.3 is 20.1 Å². The van der Waals surface area contributed by atoms with Crippen LogP contribution in [0.15, 0.2) is 48.5 Å². The smallest absolute Gasteiger partial charge is 0.407 e. The monoisotopic (exact) mass is 464 g/mol. The number of hydrogen-bond donors (Lipinski definition) is 2. The molecule has 1 aliphatic carbocycles. The fraction of sp³-hybridized carbons (Fsp3) is 0.444. The molecule has 2 N–H and O–H groups in total. The number of hydrogen-bond acceptors (Lipinski definition) is 4. The number of nitrogens with zero attached hydrogens (tertiary/aromatic N) is 1. The average molecular weight is 465 g/mol. The molecule has 4 atom stereocenters. The molecule has 2 aromatic rings. The molecule has 1 fully saturated rings. The summed E-state index contributed by atoms with van der Waals surface area (Å²) in [6, 6.07) is 14.9. The van der Waals surface area contributed by atoms with Gasteiger partial charge in [0.25, 0.3) is 0 Å². The third-order valence-corrected chi connectivity index (χ3v) is 6.92. The topological polar surface area (TPSA) is 95.9 Å². The number of likely N-dealkylation sites (tertiary alicyclic amines) is 1. The molecular formula is C27H32N2O5. The normalized spacial score (nSPS) is 22.4. The molecule has 1 aliphatic heterocycles. The Morgan fingerprint density at radius 2 is 1.65 bits per heavy atom. The number of aliphatic carboxylic acids is 1. The second-order valence-corrected chi connectivity index (χ2v) is 9.72. The second kappa shape index (κ2) is 9.87. The average Bonchev–Trinajstić information content (AvgIpc) is 3.10. The number of carbonyl (C=O) groups excluding carboxylic acids is 2. The summed E-state index contributed by atoms with van der Waals surface area (Å²) in [5.41, 5.74) is 4.58. The highest BCUT2D eigenvalue weighted by molar-refractivity contribution is 5.85. The van der Waals surface area contributed by atoms with E-state index in [0.29, 0.717) is 6.54 Å². The highest BCUT2D eigenvalue weighted by Crippen LogP contribution is 2.44. The van der Waals surface area contributed by atoms with Gasteiger partial charge in [0.2, 0.25) is 5.91 Å². The van der Waals surface area contributed by atoms with Gasteiger partial charge in [-0.15, -0.1) is 0 Å². The van der Waals surface area contributed by atoms with Gasteiger partial charge >= 0.3 is 12.1 Å². The fourth-order valence-corrected chi connectivity index (χ4v) is 5.50. The molecule has 0 radical (unpaired) electrons. The van der Waals surface area contributed by atoms with Crippen LogP contribution >= 0.6 is 0 Å². The molecule has 0 bridgehead atoms. The van der Waals surface area contributed by atoms with E-state index in [1.54, 1.807) is 6.92 Å². The minimum Gasteiger partial charge on any atom is -0.480 e. The molecule has 2 amide bonds. The van der Waals surface area contributed by atoms with Crippen LogP contribution in [0.4, 0.5) is 4.79 Å². The highest BCUT2D eigenvalue weighted by atomic mass is 16.5. The predicted molar refractivity (Wildman–Crippen MR) is 128 cm³/mol. The number of carbonyl (C=O) groups is 3. The number of alkyl carbamates (subject to hydrolysis) is 1. The van der Waals surface area contributed by atoms with Crippen LogP contribution in [0.25, 0.3) is 11.1 Å². The summed E-state index contributed by atoms with van der Waals surface area (Å²) in [4.78, 5) is 38.6. The molecule has 34 heavy (non-hydrogen) atoms. The number of amides is 2. The maximum absolute atomic E-state index is 12.9. The Bertz CT molecular complexity index is 1040. The lowest BCUT2D eigenvalue weighted by molar-refractivity contribution is -0.156. The van der Waals surface area contributed by atoms with E-state index < -0.39 is 24.1 Å². The van der Waals surface area contributed by atoms with Crippen LogP contribution in [0, 0.1) is 11.8 Å². The molecular weight excluding hydrogens is 432 g/mol. The lowest BCUT2D eigenvalue weighted by Crippen LogP contribution is -2.55. The van der Waals surface area contributed by atoms with Gasteiger partial charge in [-0.3, -0.25) is 4.79 Å². The molecule has 7 heteroatoms. The van der Waals surface area contributed by atoms with Crippen molar-refractivity contribution in [3.63, 3.8) is 0 Å². The zero-order chi connectivity index (χ0) is 24.4. The van der Waals surface area contributed by atoms with Crippen LogP contribution in [-0.2, 0) is 14.3 Å². The van der Waals surface area contributed by atoms with Crippen molar-refractivity contribution < 1.29 is 24.2 Å². The summed E-state index contributed by atoms with van der Waals surface area (Å²) in [7, 11) is 0. The minimum absolute atomic E-state index is 0.0212. The van der Waals surface area contributed by atoms with Crippen LogP contribution in [0.5, 0.6) is 0 Å². The van der Waals surface area contributed by atoms with Gasteiger partial charge in [-0.2, -0.15) is 0 Å². The Morgan fingerprint density at radius 3 is 2.24 bits per heavy atom. The number of nitrogens with one attached hydrogen (secondary N) is 1. The quantitative estimate of drug-likeness (QED) is 0.666. The number of piperidine rings is 1. The summed E-state index contributed by atoms with van der Waals surface area (Å²) in [5, 5.41) is 12.4. The summed E-state index contributed by atoms with van der Waals surface area (Å²) in [6.07, 6.45) is 0.208. The Kier molecular flexibility index (Phi) is 6.91. The standard InChI is InChI=1S/C27H32N2O5/c1-16-12-17(2)25(26(31)32)29(14-16)24(30)13-18(3)28-27(33)34-15-23-21-10-6-4-8-19(21)20-9-5-7-11-22(20)23/h4-11,16-18,23,25H,12-15H2,1-3H3,(H,28,33)(H,31,32)/t16?,17?,18-,25?/m1/s1. The van der Waals surface area contributed by atoms with E-state index in [-0.39, 0.29) is 36.7 Å². The molecule has 4 rings (SSSR count). The van der Waals surface area contributed by atoms with Crippen LogP contribution in [0.2, 0.25) is 0 Å². The molecule has 2 aliphatic rings. The molecule has 2 aromatic carbocycles. The van der Waals surface area contributed by atoms with Gasteiger partial charge in [0.05, 0.1) is 0 Å². The third-order valence-electron chi connectivity index (χ3n) is 6.92. The van der Waals surface area contributed by atoms with Crippen molar-refractivity contribution in [2.75, 3.05) is 13.2 Å². The lowest BCUT2D eigenvalue weighted by Gasteiger charge is -2.40. The van der Waals surface area contributed by atoms with Gasteiger partial charge in [-0.25, -0.2) is 9.59 Å². The first kappa shape index (κ1) is 23.8. The van der Waals surface area contributed by atoms with Crippen molar-refractivity contribution in [3.8, 4) is 11.1 Å². The largest absolute Gasteiger partial charge is 0.480 e. The first-order valence-corrected chi connectivity index (χ1v) is 11.9. The van der Waals surface area contributed by atoms with Crippen molar-refractivity contribution in [2.45, 2.75) is 51.6 Å². The van der Waals surface area contributed by atoms with Gasteiger partial charge in [0.15, 0.2) is 0 Å².